The Labute approximate surface area is 116 Å². The normalized spacial score (nSPS) is 10.3. The lowest BCUT2D eigenvalue weighted by molar-refractivity contribution is 0.0692. The molecule has 0 saturated heterocycles. The fourth-order valence-electron chi connectivity index (χ4n) is 2.10. The van der Waals surface area contributed by atoms with Crippen LogP contribution in [0, 0.1) is 12.7 Å². The third-order valence-electron chi connectivity index (χ3n) is 3.18. The number of carbonyl (C=O) groups is 1. The van der Waals surface area contributed by atoms with Crippen LogP contribution in [0.5, 0.6) is 0 Å². The fourth-order valence-corrected chi connectivity index (χ4v) is 2.10. The van der Waals surface area contributed by atoms with E-state index in [1.807, 2.05) is 31.2 Å². The average molecular weight is 274 g/mol. The Hall–Kier alpha value is -2.56. The lowest BCUT2D eigenvalue weighted by Crippen LogP contribution is -2.14. The molecule has 0 aliphatic carbocycles. The first-order valence-electron chi connectivity index (χ1n) is 6.03. The van der Waals surface area contributed by atoms with E-state index in [1.165, 1.54) is 0 Å². The Balaban J connectivity index is 2.51. The van der Waals surface area contributed by atoms with Gasteiger partial charge in [0.1, 0.15) is 5.82 Å². The van der Waals surface area contributed by atoms with Gasteiger partial charge in [0.2, 0.25) is 0 Å². The maximum absolute atomic E-state index is 13.8. The summed E-state index contributed by atoms with van der Waals surface area (Å²) in [6, 6.07) is 9.88. The number of carboxylic acids is 1. The average Bonchev–Trinajstić information content (AvgIpc) is 2.40. The molecule has 0 radical (unpaired) electrons. The van der Waals surface area contributed by atoms with Crippen LogP contribution in [0.4, 0.5) is 21.5 Å². The molecule has 0 aliphatic rings. The van der Waals surface area contributed by atoms with E-state index in [4.69, 9.17) is 10.8 Å². The minimum absolute atomic E-state index is 0.217. The summed E-state index contributed by atoms with van der Waals surface area (Å²) in [7, 11) is 1.76. The van der Waals surface area contributed by atoms with Crippen LogP contribution in [0.3, 0.4) is 0 Å². The lowest BCUT2D eigenvalue weighted by atomic mass is 10.1. The van der Waals surface area contributed by atoms with Crippen molar-refractivity contribution >= 4 is 23.0 Å². The van der Waals surface area contributed by atoms with Gasteiger partial charge in [0.25, 0.3) is 0 Å². The molecule has 2 aromatic carbocycles. The number of para-hydroxylation sites is 1. The van der Waals surface area contributed by atoms with E-state index in [0.717, 1.165) is 23.4 Å². The summed E-state index contributed by atoms with van der Waals surface area (Å²) < 4.78 is 13.8. The molecular formula is C15H15FN2O2. The quantitative estimate of drug-likeness (QED) is 0.844. The van der Waals surface area contributed by atoms with Crippen molar-refractivity contribution in [1.29, 1.82) is 0 Å². The summed E-state index contributed by atoms with van der Waals surface area (Å²) in [5, 5.41) is 8.87. The number of hydrogen-bond donors (Lipinski definition) is 2. The smallest absolute Gasteiger partial charge is 0.338 e. The van der Waals surface area contributed by atoms with E-state index >= 15 is 0 Å². The number of nitrogens with two attached hydrogens (primary N) is 1. The second-order valence-corrected chi connectivity index (χ2v) is 4.54. The van der Waals surface area contributed by atoms with E-state index in [9.17, 15) is 9.18 Å². The second kappa shape index (κ2) is 5.21. The Morgan fingerprint density at radius 1 is 1.25 bits per heavy atom. The summed E-state index contributed by atoms with van der Waals surface area (Å²) in [5.74, 6) is -2.14. The predicted molar refractivity (Wildman–Crippen MR) is 77.0 cm³/mol. The third kappa shape index (κ3) is 2.42. The van der Waals surface area contributed by atoms with Gasteiger partial charge in [0.05, 0.1) is 16.9 Å². The largest absolute Gasteiger partial charge is 0.478 e. The highest BCUT2D eigenvalue weighted by Gasteiger charge is 2.17. The number of hydrogen-bond acceptors (Lipinski definition) is 3. The first-order valence-corrected chi connectivity index (χ1v) is 6.03. The Morgan fingerprint density at radius 2 is 1.90 bits per heavy atom. The first-order chi connectivity index (χ1) is 9.41. The molecule has 4 nitrogen and oxygen atoms in total. The molecule has 0 amide bonds. The second-order valence-electron chi connectivity index (χ2n) is 4.54. The number of rotatable bonds is 3. The Bertz CT molecular complexity index is 671. The van der Waals surface area contributed by atoms with Crippen molar-refractivity contribution in [3.8, 4) is 0 Å². The number of carboxylic acid groups (broad SMARTS) is 1. The zero-order valence-electron chi connectivity index (χ0n) is 11.2. The van der Waals surface area contributed by atoms with Crippen molar-refractivity contribution in [2.24, 2.45) is 0 Å². The molecule has 0 fully saturated rings. The maximum Gasteiger partial charge on any atom is 0.338 e. The van der Waals surface area contributed by atoms with Gasteiger partial charge in [-0.25, -0.2) is 9.18 Å². The maximum atomic E-state index is 13.8. The minimum Gasteiger partial charge on any atom is -0.478 e. The van der Waals surface area contributed by atoms with Gasteiger partial charge in [-0.3, -0.25) is 0 Å². The van der Waals surface area contributed by atoms with Gasteiger partial charge in [0.15, 0.2) is 0 Å². The molecule has 20 heavy (non-hydrogen) atoms. The van der Waals surface area contributed by atoms with Crippen LogP contribution in [-0.4, -0.2) is 18.1 Å². The molecule has 0 spiro atoms. The number of anilines is 3. The number of nitrogens with zero attached hydrogens (tertiary/aromatic N) is 1. The third-order valence-corrected chi connectivity index (χ3v) is 3.18. The molecule has 2 rings (SSSR count). The fraction of sp³-hybridized carbons (Fsp3) is 0.133. The zero-order chi connectivity index (χ0) is 14.9. The van der Waals surface area contributed by atoms with Crippen LogP contribution in [-0.2, 0) is 0 Å². The van der Waals surface area contributed by atoms with Gasteiger partial charge in [-0.2, -0.15) is 0 Å². The summed E-state index contributed by atoms with van der Waals surface area (Å²) in [6.45, 7) is 1.93. The molecule has 0 heterocycles. The van der Waals surface area contributed by atoms with E-state index in [2.05, 4.69) is 0 Å². The van der Waals surface area contributed by atoms with Crippen LogP contribution >= 0.6 is 0 Å². The number of benzene rings is 2. The minimum atomic E-state index is -1.33. The first kappa shape index (κ1) is 13.9. The van der Waals surface area contributed by atoms with Crippen LogP contribution in [0.2, 0.25) is 0 Å². The van der Waals surface area contributed by atoms with Crippen molar-refractivity contribution < 1.29 is 14.3 Å². The summed E-state index contributed by atoms with van der Waals surface area (Å²) in [4.78, 5) is 12.6. The van der Waals surface area contributed by atoms with E-state index in [1.54, 1.807) is 11.9 Å². The van der Waals surface area contributed by atoms with E-state index < -0.39 is 17.3 Å². The molecule has 2 aromatic rings. The van der Waals surface area contributed by atoms with Crippen molar-refractivity contribution in [3.63, 3.8) is 0 Å². The standard InChI is InChI=1S/C15H15FN2O2/c1-9-5-3-4-6-13(9)18(2)14-8-11(16)10(15(19)20)7-12(14)17/h3-8H,17H2,1-2H3,(H,19,20). The van der Waals surface area contributed by atoms with Crippen molar-refractivity contribution in [3.05, 3.63) is 53.3 Å². The summed E-state index contributed by atoms with van der Waals surface area (Å²) in [5.41, 5.74) is 7.96. The Kier molecular flexibility index (Phi) is 3.61. The molecule has 0 aliphatic heterocycles. The predicted octanol–water partition coefficient (Wildman–Crippen LogP) is 3.18. The number of halogens is 1. The number of nitrogen functional groups attached to an aromatic ring is 1. The molecule has 0 saturated carbocycles. The van der Waals surface area contributed by atoms with Gasteiger partial charge < -0.3 is 15.7 Å². The van der Waals surface area contributed by atoms with Gasteiger partial charge in [-0.05, 0) is 24.6 Å². The molecular weight excluding hydrogens is 259 g/mol. The highest BCUT2D eigenvalue weighted by molar-refractivity contribution is 5.91. The molecule has 0 bridgehead atoms. The monoisotopic (exact) mass is 274 g/mol. The molecule has 0 aromatic heterocycles. The lowest BCUT2D eigenvalue weighted by Gasteiger charge is -2.23. The van der Waals surface area contributed by atoms with Gasteiger partial charge >= 0.3 is 5.97 Å². The van der Waals surface area contributed by atoms with E-state index in [0.29, 0.717) is 5.69 Å². The number of aryl methyl sites for hydroxylation is 1. The van der Waals surface area contributed by atoms with Crippen LogP contribution in [0.1, 0.15) is 15.9 Å². The van der Waals surface area contributed by atoms with Crippen molar-refractivity contribution in [1.82, 2.24) is 0 Å². The highest BCUT2D eigenvalue weighted by Crippen LogP contribution is 2.32. The SMILES string of the molecule is Cc1ccccc1N(C)c1cc(F)c(C(=O)O)cc1N. The zero-order valence-corrected chi connectivity index (χ0v) is 11.2. The number of aromatic carboxylic acids is 1. The molecule has 0 atom stereocenters. The van der Waals surface area contributed by atoms with Crippen LogP contribution in [0.25, 0.3) is 0 Å². The van der Waals surface area contributed by atoms with Gasteiger partial charge in [0, 0.05) is 18.8 Å². The van der Waals surface area contributed by atoms with E-state index in [-0.39, 0.29) is 5.69 Å². The van der Waals surface area contributed by atoms with Gasteiger partial charge in [-0.1, -0.05) is 18.2 Å². The topological polar surface area (TPSA) is 66.6 Å². The molecule has 5 heteroatoms. The highest BCUT2D eigenvalue weighted by atomic mass is 19.1. The van der Waals surface area contributed by atoms with Crippen molar-refractivity contribution in [2.75, 3.05) is 17.7 Å². The molecule has 104 valence electrons. The van der Waals surface area contributed by atoms with Gasteiger partial charge in [-0.15, -0.1) is 0 Å². The Morgan fingerprint density at radius 3 is 2.50 bits per heavy atom. The molecule has 3 N–H and O–H groups in total. The summed E-state index contributed by atoms with van der Waals surface area (Å²) in [6.07, 6.45) is 0. The molecule has 0 unspecified atom stereocenters. The summed E-state index contributed by atoms with van der Waals surface area (Å²) >= 11 is 0. The van der Waals surface area contributed by atoms with Crippen LogP contribution in [0.15, 0.2) is 36.4 Å². The van der Waals surface area contributed by atoms with Crippen LogP contribution < -0.4 is 10.6 Å². The van der Waals surface area contributed by atoms with Crippen molar-refractivity contribution in [2.45, 2.75) is 6.92 Å².